The maximum Gasteiger partial charge on any atom is 0.0995 e. The molecule has 0 N–H and O–H groups in total. The van der Waals surface area contributed by atoms with E-state index >= 15 is 0 Å². The monoisotopic (exact) mass is 593 g/mol. The van der Waals surface area contributed by atoms with Crippen LogP contribution in [0.5, 0.6) is 0 Å². The van der Waals surface area contributed by atoms with Gasteiger partial charge in [0.1, 0.15) is 0 Å². The topological polar surface area (TPSA) is 0 Å². The van der Waals surface area contributed by atoms with Crippen molar-refractivity contribution in [3.63, 3.8) is 0 Å². The molecule has 1 heteroatoms. The predicted octanol–water partition coefficient (Wildman–Crippen LogP) is 14.5. The number of nitrogens with zero attached hydrogens (tertiary/aromatic N) is 1. The van der Waals surface area contributed by atoms with Gasteiger partial charge in [0.25, 0.3) is 0 Å². The lowest BCUT2D eigenvalue weighted by Crippen LogP contribution is -2.64. The number of hydrogen-bond acceptors (Lipinski definition) is 0. The van der Waals surface area contributed by atoms with Crippen molar-refractivity contribution in [3.8, 4) is 0 Å². The van der Waals surface area contributed by atoms with E-state index in [1.54, 1.807) is 0 Å². The van der Waals surface area contributed by atoms with Gasteiger partial charge in [0.05, 0.1) is 25.7 Å². The van der Waals surface area contributed by atoms with Crippen molar-refractivity contribution in [2.75, 3.05) is 20.1 Å². The second-order valence-corrected chi connectivity index (χ2v) is 15.0. The molecule has 2 unspecified atom stereocenters. The second-order valence-electron chi connectivity index (χ2n) is 15.0. The third kappa shape index (κ3) is 18.7. The zero-order chi connectivity index (χ0) is 31.4. The molecule has 0 aromatic carbocycles. The molecular formula is C41H86N+. The zero-order valence-corrected chi connectivity index (χ0v) is 31.3. The fraction of sp³-hybridized carbons (Fsp3) is 1.00. The second kappa shape index (κ2) is 28.4. The summed E-state index contributed by atoms with van der Waals surface area (Å²) in [5.41, 5.74) is 0.474. The summed E-state index contributed by atoms with van der Waals surface area (Å²) in [6, 6.07) is 0. The number of quaternary nitrogens is 1. The molecule has 0 bridgehead atoms. The lowest BCUT2D eigenvalue weighted by Gasteiger charge is -2.54. The van der Waals surface area contributed by atoms with E-state index in [0.717, 1.165) is 11.8 Å². The predicted molar refractivity (Wildman–Crippen MR) is 195 cm³/mol. The van der Waals surface area contributed by atoms with E-state index in [-0.39, 0.29) is 0 Å². The SMILES string of the molecule is CCCCCCCC[N+](C)(CCCCCCCC)C(CCCCCCC)(CC(CC)CCCC)CC(CC)CCCC. The lowest BCUT2D eigenvalue weighted by molar-refractivity contribution is -0.962. The van der Waals surface area contributed by atoms with Crippen molar-refractivity contribution in [1.29, 1.82) is 0 Å². The summed E-state index contributed by atoms with van der Waals surface area (Å²) >= 11 is 0. The van der Waals surface area contributed by atoms with Gasteiger partial charge >= 0.3 is 0 Å². The van der Waals surface area contributed by atoms with Crippen molar-refractivity contribution >= 4 is 0 Å². The largest absolute Gasteiger partial charge is 0.321 e. The molecule has 0 aliphatic heterocycles. The summed E-state index contributed by atoms with van der Waals surface area (Å²) in [6.45, 7) is 19.8. The Labute approximate surface area is 269 Å². The molecule has 42 heavy (non-hydrogen) atoms. The molecule has 254 valence electrons. The van der Waals surface area contributed by atoms with Gasteiger partial charge in [-0.1, -0.05) is 177 Å². The first-order chi connectivity index (χ1) is 20.4. The van der Waals surface area contributed by atoms with Crippen LogP contribution < -0.4 is 0 Å². The minimum absolute atomic E-state index is 0.474. The van der Waals surface area contributed by atoms with E-state index in [9.17, 15) is 0 Å². The average molecular weight is 593 g/mol. The van der Waals surface area contributed by atoms with Crippen molar-refractivity contribution in [1.82, 2.24) is 0 Å². The molecule has 0 spiro atoms. The highest BCUT2D eigenvalue weighted by atomic mass is 15.4. The van der Waals surface area contributed by atoms with E-state index in [4.69, 9.17) is 0 Å². The molecule has 0 rings (SSSR count). The lowest BCUT2D eigenvalue weighted by atomic mass is 9.71. The molecule has 1 nitrogen and oxygen atoms in total. The van der Waals surface area contributed by atoms with E-state index in [1.807, 2.05) is 0 Å². The molecule has 0 heterocycles. The molecule has 0 saturated carbocycles. The number of hydrogen-bond donors (Lipinski definition) is 0. The highest BCUT2D eigenvalue weighted by molar-refractivity contribution is 4.88. The van der Waals surface area contributed by atoms with Crippen molar-refractivity contribution in [2.45, 2.75) is 234 Å². The van der Waals surface area contributed by atoms with E-state index in [2.05, 4.69) is 55.5 Å². The van der Waals surface area contributed by atoms with Crippen LogP contribution in [0.4, 0.5) is 0 Å². The Kier molecular flexibility index (Phi) is 28.4. The Bertz CT molecular complexity index is 505. The van der Waals surface area contributed by atoms with Gasteiger partial charge < -0.3 is 4.48 Å². The highest BCUT2D eigenvalue weighted by Gasteiger charge is 2.48. The van der Waals surface area contributed by atoms with Gasteiger partial charge in [0.2, 0.25) is 0 Å². The molecular weight excluding hydrogens is 506 g/mol. The molecule has 0 radical (unpaired) electrons. The zero-order valence-electron chi connectivity index (χ0n) is 31.3. The van der Waals surface area contributed by atoms with E-state index in [1.165, 1.54) is 197 Å². The van der Waals surface area contributed by atoms with Gasteiger partial charge in [-0.2, -0.15) is 0 Å². The average Bonchev–Trinajstić information content (AvgIpc) is 3.00. The van der Waals surface area contributed by atoms with Gasteiger partial charge in [-0.3, -0.25) is 0 Å². The maximum atomic E-state index is 2.79. The molecule has 0 aliphatic carbocycles. The molecule has 0 fully saturated rings. The smallest absolute Gasteiger partial charge is 0.0995 e. The summed E-state index contributed by atoms with van der Waals surface area (Å²) in [4.78, 5) is 0. The van der Waals surface area contributed by atoms with Gasteiger partial charge in [0, 0.05) is 19.3 Å². The van der Waals surface area contributed by atoms with E-state index < -0.39 is 0 Å². The summed E-state index contributed by atoms with van der Waals surface area (Å²) in [6.07, 6.45) is 40.1. The molecule has 0 aromatic heterocycles. The first-order valence-corrected chi connectivity index (χ1v) is 20.3. The Morgan fingerprint density at radius 2 is 0.738 bits per heavy atom. The van der Waals surface area contributed by atoms with Crippen LogP contribution in [0.1, 0.15) is 228 Å². The Morgan fingerprint density at radius 3 is 1.10 bits per heavy atom. The van der Waals surface area contributed by atoms with Crippen molar-refractivity contribution in [2.24, 2.45) is 11.8 Å². The van der Waals surface area contributed by atoms with Gasteiger partial charge in [-0.15, -0.1) is 0 Å². The highest BCUT2D eigenvalue weighted by Crippen LogP contribution is 2.44. The van der Waals surface area contributed by atoms with Crippen LogP contribution in [-0.2, 0) is 0 Å². The molecule has 0 aromatic rings. The Balaban J connectivity index is 6.37. The third-order valence-electron chi connectivity index (χ3n) is 11.3. The van der Waals surface area contributed by atoms with Crippen LogP contribution in [0.15, 0.2) is 0 Å². The minimum Gasteiger partial charge on any atom is -0.321 e. The van der Waals surface area contributed by atoms with Crippen LogP contribution >= 0.6 is 0 Å². The van der Waals surface area contributed by atoms with Crippen molar-refractivity contribution in [3.05, 3.63) is 0 Å². The van der Waals surface area contributed by atoms with Crippen LogP contribution in [0.3, 0.4) is 0 Å². The maximum absolute atomic E-state index is 2.79. The molecule has 0 aliphatic rings. The van der Waals surface area contributed by atoms with Crippen LogP contribution in [0.25, 0.3) is 0 Å². The molecule has 2 atom stereocenters. The minimum atomic E-state index is 0.474. The van der Waals surface area contributed by atoms with E-state index in [0.29, 0.717) is 5.54 Å². The van der Waals surface area contributed by atoms with Crippen molar-refractivity contribution < 1.29 is 4.48 Å². The first-order valence-electron chi connectivity index (χ1n) is 20.3. The Hall–Kier alpha value is -0.0400. The normalized spacial score (nSPS) is 15.1. The van der Waals surface area contributed by atoms with Crippen LogP contribution in [-0.4, -0.2) is 30.2 Å². The first kappa shape index (κ1) is 42.0. The fourth-order valence-electron chi connectivity index (χ4n) is 8.09. The summed E-state index contributed by atoms with van der Waals surface area (Å²) in [5, 5.41) is 0. The van der Waals surface area contributed by atoms with Gasteiger partial charge in [0.15, 0.2) is 0 Å². The fourth-order valence-corrected chi connectivity index (χ4v) is 8.09. The van der Waals surface area contributed by atoms with Gasteiger partial charge in [-0.05, 0) is 43.9 Å². The number of unbranched alkanes of at least 4 members (excludes halogenated alkanes) is 16. The Morgan fingerprint density at radius 1 is 0.405 bits per heavy atom. The molecule has 0 amide bonds. The quantitative estimate of drug-likeness (QED) is 0.0525. The summed E-state index contributed by atoms with van der Waals surface area (Å²) < 4.78 is 1.40. The van der Waals surface area contributed by atoms with Gasteiger partial charge in [-0.25, -0.2) is 0 Å². The summed E-state index contributed by atoms with van der Waals surface area (Å²) in [7, 11) is 2.79. The summed E-state index contributed by atoms with van der Waals surface area (Å²) in [5.74, 6) is 1.83. The number of rotatable bonds is 33. The molecule has 0 saturated heterocycles. The third-order valence-corrected chi connectivity index (χ3v) is 11.3. The van der Waals surface area contributed by atoms with Crippen LogP contribution in [0.2, 0.25) is 0 Å². The standard InChI is InChI=1S/C41H86N/c1-9-16-21-24-27-30-35-42(8,36-31-28-25-22-17-10-2)41(34-29-26-23-18-11-3,37-39(14-6)32-19-12-4)38-40(15-7)33-20-13-5/h39-40H,9-38H2,1-8H3/q+1. The van der Waals surface area contributed by atoms with Crippen LogP contribution in [0, 0.1) is 11.8 Å².